The van der Waals surface area contributed by atoms with Gasteiger partial charge in [-0.05, 0) is 15.9 Å². The molecule has 0 amide bonds. The number of methoxy groups -OCH3 is 2. The molecule has 0 unspecified atom stereocenters. The number of rotatable bonds is 3. The second-order valence-corrected chi connectivity index (χ2v) is 3.17. The molecule has 0 aliphatic carbocycles. The predicted octanol–water partition coefficient (Wildman–Crippen LogP) is 2.80. The Morgan fingerprint density at radius 2 is 2.00 bits per heavy atom. The SMILES string of the molecule is COc1cc(C(F)F)nc(OC)c1Br. The van der Waals surface area contributed by atoms with E-state index in [1.54, 1.807) is 0 Å². The van der Waals surface area contributed by atoms with Crippen molar-refractivity contribution >= 4 is 15.9 Å². The van der Waals surface area contributed by atoms with E-state index in [1.165, 1.54) is 14.2 Å². The number of aromatic nitrogens is 1. The molecule has 0 aliphatic heterocycles. The van der Waals surface area contributed by atoms with Crippen molar-refractivity contribution in [2.24, 2.45) is 0 Å². The average Bonchev–Trinajstić information content (AvgIpc) is 2.17. The molecule has 1 aromatic rings. The van der Waals surface area contributed by atoms with Crippen molar-refractivity contribution in [1.82, 2.24) is 4.98 Å². The molecule has 0 aromatic carbocycles. The first-order chi connectivity index (χ1) is 6.60. The third kappa shape index (κ3) is 2.12. The van der Waals surface area contributed by atoms with Gasteiger partial charge in [-0.25, -0.2) is 13.8 Å². The first kappa shape index (κ1) is 11.2. The second-order valence-electron chi connectivity index (χ2n) is 2.37. The van der Waals surface area contributed by atoms with E-state index in [0.717, 1.165) is 6.07 Å². The molecule has 3 nitrogen and oxygen atoms in total. The van der Waals surface area contributed by atoms with Crippen molar-refractivity contribution in [2.75, 3.05) is 14.2 Å². The fraction of sp³-hybridized carbons (Fsp3) is 0.375. The number of ether oxygens (including phenoxy) is 2. The predicted molar refractivity (Wildman–Crippen MR) is 50.0 cm³/mol. The van der Waals surface area contributed by atoms with E-state index < -0.39 is 6.43 Å². The van der Waals surface area contributed by atoms with Gasteiger partial charge in [-0.15, -0.1) is 0 Å². The Balaban J connectivity index is 3.25. The van der Waals surface area contributed by atoms with Crippen LogP contribution in [0.15, 0.2) is 10.5 Å². The molecule has 1 rings (SSSR count). The van der Waals surface area contributed by atoms with Gasteiger partial charge in [0, 0.05) is 6.07 Å². The Morgan fingerprint density at radius 3 is 2.43 bits per heavy atom. The van der Waals surface area contributed by atoms with Crippen LogP contribution in [-0.2, 0) is 0 Å². The minimum atomic E-state index is -2.65. The van der Waals surface area contributed by atoms with E-state index in [0.29, 0.717) is 4.47 Å². The minimum absolute atomic E-state index is 0.0830. The van der Waals surface area contributed by atoms with Gasteiger partial charge in [-0.1, -0.05) is 0 Å². The highest BCUT2D eigenvalue weighted by Crippen LogP contribution is 2.35. The van der Waals surface area contributed by atoms with Gasteiger partial charge < -0.3 is 9.47 Å². The first-order valence-electron chi connectivity index (χ1n) is 3.66. The van der Waals surface area contributed by atoms with E-state index in [-0.39, 0.29) is 17.3 Å². The summed E-state index contributed by atoms with van der Waals surface area (Å²) in [6.45, 7) is 0. The molecule has 1 heterocycles. The number of pyridine rings is 1. The average molecular weight is 268 g/mol. The number of nitrogens with zero attached hydrogens (tertiary/aromatic N) is 1. The Labute approximate surface area is 88.2 Å². The summed E-state index contributed by atoms with van der Waals surface area (Å²) in [7, 11) is 2.73. The lowest BCUT2D eigenvalue weighted by atomic mass is 10.3. The van der Waals surface area contributed by atoms with Crippen molar-refractivity contribution in [2.45, 2.75) is 6.43 Å². The van der Waals surface area contributed by atoms with Crippen molar-refractivity contribution in [3.8, 4) is 11.6 Å². The van der Waals surface area contributed by atoms with Crippen molar-refractivity contribution < 1.29 is 18.3 Å². The smallest absolute Gasteiger partial charge is 0.280 e. The summed E-state index contributed by atoms with van der Waals surface area (Å²) in [6.07, 6.45) is -2.65. The van der Waals surface area contributed by atoms with E-state index in [2.05, 4.69) is 20.9 Å². The maximum atomic E-state index is 12.3. The van der Waals surface area contributed by atoms with Crippen LogP contribution in [0.2, 0.25) is 0 Å². The van der Waals surface area contributed by atoms with Gasteiger partial charge in [0.2, 0.25) is 5.88 Å². The molecule has 14 heavy (non-hydrogen) atoms. The topological polar surface area (TPSA) is 31.4 Å². The summed E-state index contributed by atoms with van der Waals surface area (Å²) in [5.74, 6) is 0.354. The van der Waals surface area contributed by atoms with Crippen LogP contribution in [0.25, 0.3) is 0 Å². The highest BCUT2D eigenvalue weighted by atomic mass is 79.9. The molecule has 0 fully saturated rings. The summed E-state index contributed by atoms with van der Waals surface area (Å²) in [5.41, 5.74) is -0.373. The molecule has 1 aromatic heterocycles. The molecular formula is C8H8BrF2NO2. The van der Waals surface area contributed by atoms with E-state index in [1.807, 2.05) is 0 Å². The molecule has 0 radical (unpaired) electrons. The van der Waals surface area contributed by atoms with E-state index in [4.69, 9.17) is 9.47 Å². The molecule has 0 spiro atoms. The van der Waals surface area contributed by atoms with Gasteiger partial charge in [0.25, 0.3) is 6.43 Å². The van der Waals surface area contributed by atoms with Crippen LogP contribution in [0.3, 0.4) is 0 Å². The molecule has 0 aliphatic rings. The Kier molecular flexibility index (Phi) is 3.62. The zero-order valence-electron chi connectivity index (χ0n) is 7.55. The molecule has 0 atom stereocenters. The monoisotopic (exact) mass is 267 g/mol. The maximum Gasteiger partial charge on any atom is 0.280 e. The largest absolute Gasteiger partial charge is 0.495 e. The fourth-order valence-electron chi connectivity index (χ4n) is 0.897. The zero-order chi connectivity index (χ0) is 10.7. The molecule has 78 valence electrons. The molecule has 0 saturated carbocycles. The fourth-order valence-corrected chi connectivity index (χ4v) is 1.42. The van der Waals surface area contributed by atoms with Gasteiger partial charge in [0.05, 0.1) is 14.2 Å². The number of hydrogen-bond acceptors (Lipinski definition) is 3. The molecule has 0 bridgehead atoms. The summed E-state index contributed by atoms with van der Waals surface area (Å²) in [5, 5.41) is 0. The van der Waals surface area contributed by atoms with Crippen LogP contribution in [0, 0.1) is 0 Å². The van der Waals surface area contributed by atoms with Crippen LogP contribution in [0.5, 0.6) is 11.6 Å². The standard InChI is InChI=1S/C8H8BrF2NO2/c1-13-5-3-4(7(10)11)12-8(14-2)6(5)9/h3,7H,1-2H3. The van der Waals surface area contributed by atoms with Crippen molar-refractivity contribution in [3.05, 3.63) is 16.2 Å². The molecule has 0 saturated heterocycles. The van der Waals surface area contributed by atoms with Crippen LogP contribution < -0.4 is 9.47 Å². The highest BCUT2D eigenvalue weighted by Gasteiger charge is 2.16. The quantitative estimate of drug-likeness (QED) is 0.844. The van der Waals surface area contributed by atoms with Crippen LogP contribution in [0.4, 0.5) is 8.78 Å². The third-order valence-electron chi connectivity index (χ3n) is 1.55. The Hall–Kier alpha value is -0.910. The van der Waals surface area contributed by atoms with Gasteiger partial charge >= 0.3 is 0 Å². The van der Waals surface area contributed by atoms with Gasteiger partial charge in [-0.2, -0.15) is 0 Å². The molecular weight excluding hydrogens is 260 g/mol. The highest BCUT2D eigenvalue weighted by molar-refractivity contribution is 9.10. The van der Waals surface area contributed by atoms with E-state index >= 15 is 0 Å². The summed E-state index contributed by atoms with van der Waals surface area (Å²) in [6, 6.07) is 1.16. The van der Waals surface area contributed by atoms with Gasteiger partial charge in [-0.3, -0.25) is 0 Å². The number of alkyl halides is 2. The maximum absolute atomic E-state index is 12.3. The van der Waals surface area contributed by atoms with Crippen LogP contribution in [-0.4, -0.2) is 19.2 Å². The summed E-state index contributed by atoms with van der Waals surface area (Å²) < 4.78 is 34.8. The Bertz CT molecular complexity index is 308. The lowest BCUT2D eigenvalue weighted by Gasteiger charge is -2.09. The zero-order valence-corrected chi connectivity index (χ0v) is 9.14. The van der Waals surface area contributed by atoms with Crippen LogP contribution in [0.1, 0.15) is 12.1 Å². The second kappa shape index (κ2) is 4.54. The molecule has 6 heteroatoms. The first-order valence-corrected chi connectivity index (χ1v) is 4.46. The molecule has 0 N–H and O–H groups in total. The van der Waals surface area contributed by atoms with Crippen molar-refractivity contribution in [3.63, 3.8) is 0 Å². The van der Waals surface area contributed by atoms with E-state index in [9.17, 15) is 8.78 Å². The number of halogens is 3. The third-order valence-corrected chi connectivity index (χ3v) is 2.28. The normalized spacial score (nSPS) is 10.4. The lowest BCUT2D eigenvalue weighted by molar-refractivity contribution is 0.144. The van der Waals surface area contributed by atoms with Crippen LogP contribution >= 0.6 is 15.9 Å². The van der Waals surface area contributed by atoms with Gasteiger partial charge in [0.1, 0.15) is 15.9 Å². The minimum Gasteiger partial charge on any atom is -0.495 e. The lowest BCUT2D eigenvalue weighted by Crippen LogP contribution is -1.98. The summed E-state index contributed by atoms with van der Waals surface area (Å²) >= 11 is 3.13. The van der Waals surface area contributed by atoms with Gasteiger partial charge in [0.15, 0.2) is 0 Å². The summed E-state index contributed by atoms with van der Waals surface area (Å²) in [4.78, 5) is 3.60. The number of hydrogen-bond donors (Lipinski definition) is 0. The van der Waals surface area contributed by atoms with Crippen molar-refractivity contribution in [1.29, 1.82) is 0 Å². The Morgan fingerprint density at radius 1 is 1.36 bits per heavy atom.